The van der Waals surface area contributed by atoms with E-state index in [4.69, 9.17) is 4.98 Å². The number of hydrogen-bond acceptors (Lipinski definition) is 6. The number of nitrogens with zero attached hydrogens (tertiary/aromatic N) is 5. The summed E-state index contributed by atoms with van der Waals surface area (Å²) in [5, 5.41) is 16.8. The summed E-state index contributed by atoms with van der Waals surface area (Å²) in [7, 11) is 0. The van der Waals surface area contributed by atoms with E-state index in [0.717, 1.165) is 30.0 Å². The Balaban J connectivity index is 1.88. The normalized spacial score (nSPS) is 18.9. The van der Waals surface area contributed by atoms with E-state index >= 15 is 0 Å². The average Bonchev–Trinajstić information content (AvgIpc) is 3.18. The highest BCUT2D eigenvalue weighted by Gasteiger charge is 2.27. The molecule has 1 aliphatic heterocycles. The molecule has 0 aromatic carbocycles. The quantitative estimate of drug-likeness (QED) is 0.728. The summed E-state index contributed by atoms with van der Waals surface area (Å²) in [5.41, 5.74) is 1.45. The van der Waals surface area contributed by atoms with Gasteiger partial charge in [-0.15, -0.1) is 11.3 Å². The molecule has 1 unspecified atom stereocenters. The van der Waals surface area contributed by atoms with Crippen LogP contribution in [0.15, 0.2) is 0 Å². The monoisotopic (exact) mass is 346 g/mol. The van der Waals surface area contributed by atoms with Crippen LogP contribution in [0.4, 0.5) is 5.82 Å². The van der Waals surface area contributed by atoms with Crippen molar-refractivity contribution in [1.82, 2.24) is 25.0 Å². The Labute approximate surface area is 145 Å². The molecular formula is C16H24N7S+. The maximum Gasteiger partial charge on any atom is 0.276 e. The summed E-state index contributed by atoms with van der Waals surface area (Å²) in [6.45, 7) is 10.2. The predicted molar refractivity (Wildman–Crippen MR) is 95.7 cm³/mol. The van der Waals surface area contributed by atoms with Gasteiger partial charge in [-0.3, -0.25) is 0 Å². The first-order valence-corrected chi connectivity index (χ1v) is 9.65. The molecule has 4 rings (SSSR count). The van der Waals surface area contributed by atoms with E-state index in [-0.39, 0.29) is 0 Å². The fraction of sp³-hybridized carbons (Fsp3) is 0.625. The van der Waals surface area contributed by atoms with Crippen molar-refractivity contribution in [3.8, 4) is 0 Å². The highest BCUT2D eigenvalue weighted by molar-refractivity contribution is 7.19. The number of quaternary nitrogens is 1. The van der Waals surface area contributed by atoms with Crippen molar-refractivity contribution < 1.29 is 4.90 Å². The van der Waals surface area contributed by atoms with Gasteiger partial charge in [0.15, 0.2) is 0 Å². The molecule has 0 aliphatic carbocycles. The topological polar surface area (TPSA) is 72.4 Å². The van der Waals surface area contributed by atoms with Gasteiger partial charge in [0, 0.05) is 12.5 Å². The van der Waals surface area contributed by atoms with E-state index in [1.54, 1.807) is 9.42 Å². The second kappa shape index (κ2) is 6.25. The maximum atomic E-state index is 4.70. The van der Waals surface area contributed by atoms with Gasteiger partial charge in [0.25, 0.3) is 5.78 Å². The third kappa shape index (κ3) is 2.53. The molecule has 7 nitrogen and oxygen atoms in total. The Bertz CT molecular complexity index is 868. The molecule has 0 radical (unpaired) electrons. The Morgan fingerprint density at radius 3 is 3.04 bits per heavy atom. The molecule has 3 aromatic rings. The van der Waals surface area contributed by atoms with Crippen molar-refractivity contribution in [1.29, 1.82) is 0 Å². The Hall–Kier alpha value is -1.80. The number of aromatic nitrogens is 5. The lowest BCUT2D eigenvalue weighted by atomic mass is 10.0. The van der Waals surface area contributed by atoms with Gasteiger partial charge >= 0.3 is 0 Å². The number of hydrogen-bond donors (Lipinski definition) is 2. The van der Waals surface area contributed by atoms with Crippen LogP contribution < -0.4 is 10.2 Å². The molecule has 0 amide bonds. The van der Waals surface area contributed by atoms with Gasteiger partial charge < -0.3 is 10.2 Å². The zero-order valence-corrected chi connectivity index (χ0v) is 15.3. The average molecular weight is 346 g/mol. The fourth-order valence-electron chi connectivity index (χ4n) is 3.46. The molecule has 0 spiro atoms. The van der Waals surface area contributed by atoms with E-state index in [0.29, 0.717) is 11.8 Å². The summed E-state index contributed by atoms with van der Waals surface area (Å²) in [6.07, 6.45) is 3.39. The van der Waals surface area contributed by atoms with Gasteiger partial charge in [0.05, 0.1) is 23.4 Å². The molecule has 8 heteroatoms. The largest absolute Gasteiger partial charge is 0.367 e. The first-order valence-electron chi connectivity index (χ1n) is 8.83. The smallest absolute Gasteiger partial charge is 0.276 e. The minimum atomic E-state index is 0.375. The Morgan fingerprint density at radius 1 is 1.38 bits per heavy atom. The van der Waals surface area contributed by atoms with Crippen LogP contribution in [0.25, 0.3) is 16.0 Å². The second-order valence-electron chi connectivity index (χ2n) is 6.67. The summed E-state index contributed by atoms with van der Waals surface area (Å²) in [6, 6.07) is 0.375. The van der Waals surface area contributed by atoms with Crippen LogP contribution in [0.1, 0.15) is 44.1 Å². The van der Waals surface area contributed by atoms with Crippen molar-refractivity contribution in [2.24, 2.45) is 0 Å². The summed E-state index contributed by atoms with van der Waals surface area (Å²) in [5.74, 6) is 1.52. The van der Waals surface area contributed by atoms with Gasteiger partial charge in [-0.05, 0) is 35.8 Å². The fourth-order valence-corrected chi connectivity index (χ4v) is 4.83. The van der Waals surface area contributed by atoms with Crippen LogP contribution in [-0.4, -0.2) is 44.2 Å². The zero-order valence-electron chi connectivity index (χ0n) is 14.5. The van der Waals surface area contributed by atoms with E-state index in [1.165, 1.54) is 35.3 Å². The molecule has 1 aliphatic rings. The second-order valence-corrected chi connectivity index (χ2v) is 7.75. The van der Waals surface area contributed by atoms with Gasteiger partial charge in [0.2, 0.25) is 0 Å². The highest BCUT2D eigenvalue weighted by atomic mass is 32.1. The molecule has 0 saturated carbocycles. The molecular weight excluding hydrogens is 322 g/mol. The lowest BCUT2D eigenvalue weighted by molar-refractivity contribution is -0.915. The number of fused-ring (bicyclic) bond motifs is 5. The number of tetrazole rings is 1. The van der Waals surface area contributed by atoms with Gasteiger partial charge in [-0.25, -0.2) is 0 Å². The highest BCUT2D eigenvalue weighted by Crippen LogP contribution is 2.36. The summed E-state index contributed by atoms with van der Waals surface area (Å²) in [4.78, 5) is 8.97. The number of anilines is 1. The van der Waals surface area contributed by atoms with Crippen LogP contribution in [0.5, 0.6) is 0 Å². The zero-order chi connectivity index (χ0) is 16.7. The minimum Gasteiger partial charge on any atom is -0.367 e. The standard InChI is InChI=1S/C16H23N7S/c1-4-7-22-8-6-11-12(9-22)24-15-13(11)14(17-10(3)5-2)18-16-19-20-21-23(15)16/h10H,4-9H2,1-3H3,(H,17,18,19,21)/p+1/t10-/m0/s1. The molecule has 0 bridgehead atoms. The summed E-state index contributed by atoms with van der Waals surface area (Å²) < 4.78 is 1.79. The molecule has 0 saturated heterocycles. The first kappa shape index (κ1) is 15.7. The Morgan fingerprint density at radius 2 is 2.25 bits per heavy atom. The van der Waals surface area contributed by atoms with Crippen molar-refractivity contribution in [3.05, 3.63) is 10.4 Å². The predicted octanol–water partition coefficient (Wildman–Crippen LogP) is 1.30. The van der Waals surface area contributed by atoms with E-state index in [2.05, 4.69) is 41.6 Å². The van der Waals surface area contributed by atoms with Crippen LogP contribution in [0.2, 0.25) is 0 Å². The molecule has 2 atom stereocenters. The van der Waals surface area contributed by atoms with Crippen molar-refractivity contribution >= 4 is 33.1 Å². The van der Waals surface area contributed by atoms with Crippen molar-refractivity contribution in [2.75, 3.05) is 18.4 Å². The SMILES string of the molecule is CCC[NH+]1CCc2c(sc3c2c(N[C@@H](C)CC)nc2nnnn23)C1. The number of nitrogens with one attached hydrogen (secondary N) is 2. The van der Waals surface area contributed by atoms with Crippen LogP contribution in [0, 0.1) is 0 Å². The molecule has 3 aromatic heterocycles. The lowest BCUT2D eigenvalue weighted by Crippen LogP contribution is -3.11. The third-order valence-corrected chi connectivity index (χ3v) is 6.11. The maximum absolute atomic E-state index is 4.70. The van der Waals surface area contributed by atoms with Crippen LogP contribution in [-0.2, 0) is 13.0 Å². The lowest BCUT2D eigenvalue weighted by Gasteiger charge is -2.23. The number of rotatable bonds is 5. The van der Waals surface area contributed by atoms with Gasteiger partial charge in [-0.2, -0.15) is 9.50 Å². The van der Waals surface area contributed by atoms with Crippen LogP contribution >= 0.6 is 11.3 Å². The number of thiophene rings is 1. The first-order chi connectivity index (χ1) is 11.7. The van der Waals surface area contributed by atoms with Crippen molar-refractivity contribution in [2.45, 2.75) is 52.6 Å². The molecule has 0 fully saturated rings. The van der Waals surface area contributed by atoms with Gasteiger partial charge in [-0.1, -0.05) is 18.9 Å². The van der Waals surface area contributed by atoms with E-state index in [1.807, 2.05) is 11.3 Å². The van der Waals surface area contributed by atoms with Crippen molar-refractivity contribution in [3.63, 3.8) is 0 Å². The summed E-state index contributed by atoms with van der Waals surface area (Å²) >= 11 is 1.83. The van der Waals surface area contributed by atoms with Gasteiger partial charge in [0.1, 0.15) is 17.2 Å². The third-order valence-electron chi connectivity index (χ3n) is 4.90. The molecule has 2 N–H and O–H groups in total. The molecule has 24 heavy (non-hydrogen) atoms. The minimum absolute atomic E-state index is 0.375. The van der Waals surface area contributed by atoms with E-state index < -0.39 is 0 Å². The molecule has 128 valence electrons. The molecule has 4 heterocycles. The Kier molecular flexibility index (Phi) is 4.09. The van der Waals surface area contributed by atoms with E-state index in [9.17, 15) is 0 Å². The van der Waals surface area contributed by atoms with Crippen LogP contribution in [0.3, 0.4) is 0 Å².